The molecule has 3 rings (SSSR count). The number of guanidine groups is 1. The van der Waals surface area contributed by atoms with Gasteiger partial charge in [0.1, 0.15) is 6.54 Å². The molecule has 0 unspecified atom stereocenters. The lowest BCUT2D eigenvalue weighted by molar-refractivity contribution is -0.119. The highest BCUT2D eigenvalue weighted by atomic mass is 16.5. The number of ether oxygens (including phenoxy) is 2. The monoisotopic (exact) mass is 445 g/mol. The smallest absolute Gasteiger partial charge is 0.241 e. The summed E-state index contributed by atoms with van der Waals surface area (Å²) in [4.78, 5) is 19.1. The predicted molar refractivity (Wildman–Crippen MR) is 129 cm³/mol. The summed E-state index contributed by atoms with van der Waals surface area (Å²) in [5.74, 6) is 2.86. The normalized spacial score (nSPS) is 17.5. The molecule has 1 aromatic rings. The Bertz CT molecular complexity index is 747. The number of nitrogens with zero attached hydrogens (tertiary/aromatic N) is 2. The Hall–Kier alpha value is -2.48. The molecule has 1 amide bonds. The first-order valence-corrected chi connectivity index (χ1v) is 12.1. The molecule has 1 saturated heterocycles. The third kappa shape index (κ3) is 8.22. The minimum Gasteiger partial charge on any atom is -0.490 e. The van der Waals surface area contributed by atoms with E-state index in [0.29, 0.717) is 25.7 Å². The second kappa shape index (κ2) is 13.2. The van der Waals surface area contributed by atoms with Crippen molar-refractivity contribution in [3.05, 3.63) is 18.2 Å². The van der Waals surface area contributed by atoms with Gasteiger partial charge in [-0.15, -0.1) is 0 Å². The van der Waals surface area contributed by atoms with E-state index in [1.807, 2.05) is 25.1 Å². The Kier molecular flexibility index (Phi) is 9.94. The molecule has 32 heavy (non-hydrogen) atoms. The zero-order chi connectivity index (χ0) is 22.6. The van der Waals surface area contributed by atoms with Gasteiger partial charge < -0.3 is 30.3 Å². The van der Waals surface area contributed by atoms with Crippen LogP contribution in [0.1, 0.15) is 46.0 Å². The summed E-state index contributed by atoms with van der Waals surface area (Å²) >= 11 is 0. The van der Waals surface area contributed by atoms with Crippen LogP contribution in [0, 0.1) is 5.92 Å². The standard InChI is InChI=1S/C24H39N5O3/c1-3-10-25-23(30)18-27-24(26-11-4-12-29-13-8-19(2)9-14-29)28-20-6-7-21-22(17-20)32-16-5-15-31-21/h6-7,17,19H,3-5,8-16,18H2,1-2H3,(H,25,30)(H2,26,27,28). The lowest BCUT2D eigenvalue weighted by Crippen LogP contribution is -2.37. The summed E-state index contributed by atoms with van der Waals surface area (Å²) in [6.07, 6.45) is 5.38. The van der Waals surface area contributed by atoms with E-state index in [2.05, 4.69) is 32.8 Å². The molecule has 2 aliphatic heterocycles. The fraction of sp³-hybridized carbons (Fsp3) is 0.667. The highest BCUT2D eigenvalue weighted by Gasteiger charge is 2.15. The molecular weight excluding hydrogens is 406 g/mol. The van der Waals surface area contributed by atoms with Crippen LogP contribution in [0.2, 0.25) is 0 Å². The van der Waals surface area contributed by atoms with Gasteiger partial charge in [0.25, 0.3) is 0 Å². The van der Waals surface area contributed by atoms with Gasteiger partial charge in [-0.3, -0.25) is 4.79 Å². The van der Waals surface area contributed by atoms with Crippen LogP contribution < -0.4 is 25.4 Å². The zero-order valence-electron chi connectivity index (χ0n) is 19.6. The average molecular weight is 446 g/mol. The van der Waals surface area contributed by atoms with Crippen LogP contribution in [0.25, 0.3) is 0 Å². The van der Waals surface area contributed by atoms with Gasteiger partial charge in [0, 0.05) is 31.3 Å². The van der Waals surface area contributed by atoms with E-state index in [-0.39, 0.29) is 12.5 Å². The number of nitrogens with one attached hydrogen (secondary N) is 3. The summed E-state index contributed by atoms with van der Waals surface area (Å²) in [6, 6.07) is 5.77. The summed E-state index contributed by atoms with van der Waals surface area (Å²) < 4.78 is 11.5. The van der Waals surface area contributed by atoms with Crippen molar-refractivity contribution in [3.63, 3.8) is 0 Å². The molecule has 3 N–H and O–H groups in total. The van der Waals surface area contributed by atoms with Crippen molar-refractivity contribution in [1.82, 2.24) is 15.5 Å². The Morgan fingerprint density at radius 3 is 2.69 bits per heavy atom. The molecule has 0 saturated carbocycles. The average Bonchev–Trinajstić information content (AvgIpc) is 3.05. The molecule has 8 heteroatoms. The fourth-order valence-electron chi connectivity index (χ4n) is 3.78. The molecule has 0 atom stereocenters. The molecule has 178 valence electrons. The lowest BCUT2D eigenvalue weighted by Gasteiger charge is -2.30. The maximum absolute atomic E-state index is 12.0. The van der Waals surface area contributed by atoms with Gasteiger partial charge in [-0.1, -0.05) is 13.8 Å². The van der Waals surface area contributed by atoms with Crippen molar-refractivity contribution in [3.8, 4) is 11.5 Å². The number of rotatable bonds is 9. The van der Waals surface area contributed by atoms with Gasteiger partial charge in [-0.25, -0.2) is 4.99 Å². The number of amides is 1. The highest BCUT2D eigenvalue weighted by molar-refractivity contribution is 5.95. The predicted octanol–water partition coefficient (Wildman–Crippen LogP) is 2.85. The molecule has 2 heterocycles. The van der Waals surface area contributed by atoms with E-state index in [0.717, 1.165) is 55.5 Å². The van der Waals surface area contributed by atoms with Crippen molar-refractivity contribution in [1.29, 1.82) is 0 Å². The van der Waals surface area contributed by atoms with Crippen molar-refractivity contribution in [2.24, 2.45) is 10.9 Å². The van der Waals surface area contributed by atoms with Gasteiger partial charge in [0.05, 0.1) is 13.2 Å². The topological polar surface area (TPSA) is 87.2 Å². The number of hydrogen-bond acceptors (Lipinski definition) is 5. The number of carbonyl (C=O) groups excluding carboxylic acids is 1. The fourth-order valence-corrected chi connectivity index (χ4v) is 3.78. The number of aliphatic imine (C=N–C) groups is 1. The van der Waals surface area contributed by atoms with Crippen LogP contribution in [-0.2, 0) is 4.79 Å². The number of benzene rings is 1. The van der Waals surface area contributed by atoms with Gasteiger partial charge in [0.15, 0.2) is 17.5 Å². The van der Waals surface area contributed by atoms with Crippen molar-refractivity contribution in [2.45, 2.75) is 46.0 Å². The van der Waals surface area contributed by atoms with Crippen LogP contribution in [0.4, 0.5) is 5.69 Å². The van der Waals surface area contributed by atoms with Crippen molar-refractivity contribution in [2.75, 3.05) is 57.8 Å². The van der Waals surface area contributed by atoms with E-state index >= 15 is 0 Å². The minimum atomic E-state index is -0.0750. The Morgan fingerprint density at radius 2 is 1.91 bits per heavy atom. The number of hydrogen-bond donors (Lipinski definition) is 3. The number of carbonyl (C=O) groups is 1. The molecule has 1 fully saturated rings. The second-order valence-electron chi connectivity index (χ2n) is 8.66. The van der Waals surface area contributed by atoms with Crippen LogP contribution in [0.3, 0.4) is 0 Å². The highest BCUT2D eigenvalue weighted by Crippen LogP contribution is 2.32. The Morgan fingerprint density at radius 1 is 1.12 bits per heavy atom. The first-order chi connectivity index (χ1) is 15.6. The molecule has 8 nitrogen and oxygen atoms in total. The number of likely N-dealkylation sites (tertiary alicyclic amines) is 1. The molecule has 0 aromatic heterocycles. The SMILES string of the molecule is CCCNC(=O)CN=C(NCCCN1CCC(C)CC1)Nc1ccc2c(c1)OCCCO2. The van der Waals surface area contributed by atoms with Crippen LogP contribution in [0.5, 0.6) is 11.5 Å². The van der Waals surface area contributed by atoms with Crippen molar-refractivity contribution >= 4 is 17.6 Å². The summed E-state index contributed by atoms with van der Waals surface area (Å²) in [5, 5.41) is 9.56. The van der Waals surface area contributed by atoms with Crippen LogP contribution >= 0.6 is 0 Å². The van der Waals surface area contributed by atoms with E-state index in [1.54, 1.807) is 0 Å². The Balaban J connectivity index is 1.55. The van der Waals surface area contributed by atoms with E-state index < -0.39 is 0 Å². The van der Waals surface area contributed by atoms with Crippen LogP contribution in [-0.4, -0.2) is 69.2 Å². The molecular formula is C24H39N5O3. The largest absolute Gasteiger partial charge is 0.490 e. The first-order valence-electron chi connectivity index (χ1n) is 12.1. The lowest BCUT2D eigenvalue weighted by atomic mass is 9.99. The first kappa shape index (κ1) is 24.2. The van der Waals surface area contributed by atoms with E-state index in [9.17, 15) is 4.79 Å². The second-order valence-corrected chi connectivity index (χ2v) is 8.66. The van der Waals surface area contributed by atoms with Crippen LogP contribution in [0.15, 0.2) is 23.2 Å². The summed E-state index contributed by atoms with van der Waals surface area (Å²) in [7, 11) is 0. The number of piperidine rings is 1. The Labute approximate surface area is 192 Å². The molecule has 0 radical (unpaired) electrons. The minimum absolute atomic E-state index is 0.0750. The van der Waals surface area contributed by atoms with Gasteiger partial charge in [-0.2, -0.15) is 0 Å². The van der Waals surface area contributed by atoms with E-state index in [4.69, 9.17) is 9.47 Å². The maximum Gasteiger partial charge on any atom is 0.241 e. The van der Waals surface area contributed by atoms with Gasteiger partial charge in [-0.05, 0) is 63.4 Å². The van der Waals surface area contributed by atoms with Gasteiger partial charge in [0.2, 0.25) is 5.91 Å². The quantitative estimate of drug-likeness (QED) is 0.308. The zero-order valence-corrected chi connectivity index (χ0v) is 19.6. The summed E-state index contributed by atoms with van der Waals surface area (Å²) in [6.45, 7) is 10.7. The number of fused-ring (bicyclic) bond motifs is 1. The molecule has 0 bridgehead atoms. The number of anilines is 1. The van der Waals surface area contributed by atoms with Crippen molar-refractivity contribution < 1.29 is 14.3 Å². The third-order valence-electron chi connectivity index (χ3n) is 5.78. The molecule has 0 aliphatic carbocycles. The molecule has 2 aliphatic rings. The maximum atomic E-state index is 12.0. The van der Waals surface area contributed by atoms with E-state index in [1.165, 1.54) is 25.9 Å². The molecule has 1 aromatic carbocycles. The third-order valence-corrected chi connectivity index (χ3v) is 5.78. The summed E-state index contributed by atoms with van der Waals surface area (Å²) in [5.41, 5.74) is 0.847. The molecule has 0 spiro atoms. The van der Waals surface area contributed by atoms with Gasteiger partial charge >= 0.3 is 0 Å².